The fraction of sp³-hybridized carbons (Fsp3) is 1.00. The van der Waals surface area contributed by atoms with E-state index in [1.165, 1.54) is 6.42 Å². The van der Waals surface area contributed by atoms with Gasteiger partial charge < -0.3 is 0 Å². The summed E-state index contributed by atoms with van der Waals surface area (Å²) < 4.78 is 8.06. The average molecular weight is 165 g/mol. The second kappa shape index (κ2) is 76.4. The van der Waals surface area contributed by atoms with Crippen LogP contribution in [0.4, 0.5) is 0 Å². The lowest BCUT2D eigenvalue weighted by atomic mass is 10.6. The van der Waals surface area contributed by atoms with Crippen molar-refractivity contribution in [1.82, 2.24) is 0 Å². The van der Waals surface area contributed by atoms with E-state index < -0.39 is 0 Å². The fourth-order valence-corrected chi connectivity index (χ4v) is 0. The van der Waals surface area contributed by atoms with E-state index in [1.54, 1.807) is 9.12 Å². The molecule has 7 heavy (non-hydrogen) atoms. The number of rotatable bonds is 0. The molecule has 0 radical (unpaired) electrons. The Kier molecular flexibility index (Phi) is 276. The molecule has 0 aliphatic heterocycles. The molecule has 0 aliphatic rings. The molecule has 0 rings (SSSR count). The zero-order valence-corrected chi connectivity index (χ0v) is 7.06. The zero-order valence-electron chi connectivity index (χ0n) is 4.43. The standard InChI is InChI=1S/C3H8.2ClH.HOP/c1-3-2;;;1-2/h3H2,1-2H3;2*1H;2H. The second-order valence-corrected chi connectivity index (χ2v) is 0.707. The van der Waals surface area contributed by atoms with Gasteiger partial charge in [0.05, 0.1) is 0 Å². The van der Waals surface area contributed by atoms with Crippen LogP contribution in [-0.4, -0.2) is 0 Å². The Hall–Kier alpha value is 0.680. The van der Waals surface area contributed by atoms with Crippen LogP contribution in [0, 0.1) is 0 Å². The predicted molar refractivity (Wildman–Crippen MR) is 39.5 cm³/mol. The molecule has 0 heterocycles. The Morgan fingerprint density at radius 1 is 1.14 bits per heavy atom. The topological polar surface area (TPSA) is 17.1 Å². The number of halogens is 2. The summed E-state index contributed by atoms with van der Waals surface area (Å²) in [5, 5.41) is 0. The van der Waals surface area contributed by atoms with E-state index in [0.717, 1.165) is 0 Å². The van der Waals surface area contributed by atoms with Gasteiger partial charge in [0.15, 0.2) is 0 Å². The van der Waals surface area contributed by atoms with Crippen molar-refractivity contribution in [3.63, 3.8) is 0 Å². The third-order valence-electron chi connectivity index (χ3n) is 0. The molecule has 0 amide bonds. The highest BCUT2D eigenvalue weighted by Gasteiger charge is 1.35. The third kappa shape index (κ3) is 316. The first-order valence-corrected chi connectivity index (χ1v) is 2.03. The van der Waals surface area contributed by atoms with E-state index in [1.807, 2.05) is 0 Å². The summed E-state index contributed by atoms with van der Waals surface area (Å²) in [4.78, 5) is 0. The fourth-order valence-electron chi connectivity index (χ4n) is 0. The van der Waals surface area contributed by atoms with Gasteiger partial charge in [-0.2, -0.15) is 0 Å². The van der Waals surface area contributed by atoms with Crippen molar-refractivity contribution in [3.05, 3.63) is 0 Å². The van der Waals surface area contributed by atoms with Gasteiger partial charge in [-0.05, 0) is 0 Å². The normalized spacial score (nSPS) is 3.14. The van der Waals surface area contributed by atoms with Crippen LogP contribution in [0.15, 0.2) is 0 Å². The van der Waals surface area contributed by atoms with Gasteiger partial charge in [-0.1, -0.05) is 20.3 Å². The highest BCUT2D eigenvalue weighted by Crippen LogP contribution is 1.56. The minimum absolute atomic E-state index is 0. The van der Waals surface area contributed by atoms with Crippen LogP contribution in [0.3, 0.4) is 0 Å². The van der Waals surface area contributed by atoms with Gasteiger partial charge in [0, 0.05) is 0 Å². The largest absolute Gasteiger partial charge is 0.279 e. The maximum atomic E-state index is 8.06. The minimum atomic E-state index is 0. The van der Waals surface area contributed by atoms with Crippen LogP contribution < -0.4 is 0 Å². The zero-order chi connectivity index (χ0) is 4.71. The Balaban J connectivity index is -0.0000000105. The highest BCUT2D eigenvalue weighted by atomic mass is 35.5. The Labute approximate surface area is 59.3 Å². The molecule has 0 atom stereocenters. The molecule has 0 aromatic heterocycles. The van der Waals surface area contributed by atoms with Crippen molar-refractivity contribution in [3.8, 4) is 0 Å². The van der Waals surface area contributed by atoms with Crippen molar-refractivity contribution < 1.29 is 4.57 Å². The summed E-state index contributed by atoms with van der Waals surface area (Å²) in [6, 6.07) is 0. The molecule has 0 aliphatic carbocycles. The lowest BCUT2D eigenvalue weighted by Gasteiger charge is -1.48. The summed E-state index contributed by atoms with van der Waals surface area (Å²) in [6.45, 7) is 4.25. The van der Waals surface area contributed by atoms with Crippen LogP contribution in [-0.2, 0) is 4.57 Å². The van der Waals surface area contributed by atoms with Crippen molar-refractivity contribution >= 4 is 33.9 Å². The molecule has 0 fully saturated rings. The molecule has 0 saturated heterocycles. The van der Waals surface area contributed by atoms with Crippen LogP contribution in [0.1, 0.15) is 20.3 Å². The molecule has 0 aromatic carbocycles. The number of hydrogen-bond donors (Lipinski definition) is 0. The van der Waals surface area contributed by atoms with Crippen LogP contribution in [0.5, 0.6) is 0 Å². The quantitative estimate of drug-likeness (QED) is 0.504. The van der Waals surface area contributed by atoms with Crippen molar-refractivity contribution in [2.75, 3.05) is 0 Å². The van der Waals surface area contributed by atoms with Crippen LogP contribution >= 0.6 is 33.9 Å². The van der Waals surface area contributed by atoms with E-state index in [-0.39, 0.29) is 24.8 Å². The lowest BCUT2D eigenvalue weighted by Crippen LogP contribution is -1.27. The predicted octanol–water partition coefficient (Wildman–Crippen LogP) is 2.73. The highest BCUT2D eigenvalue weighted by molar-refractivity contribution is 7.00. The van der Waals surface area contributed by atoms with E-state index in [2.05, 4.69) is 13.8 Å². The summed E-state index contributed by atoms with van der Waals surface area (Å²) >= 11 is 0. The molecule has 0 saturated carbocycles. The summed E-state index contributed by atoms with van der Waals surface area (Å²) in [6.07, 6.45) is 1.25. The Morgan fingerprint density at radius 2 is 1.14 bits per heavy atom. The Morgan fingerprint density at radius 3 is 1.14 bits per heavy atom. The third-order valence-corrected chi connectivity index (χ3v) is 0. The SMILES string of the molecule is CCC.Cl.Cl.O=P. The summed E-state index contributed by atoms with van der Waals surface area (Å²) in [5.74, 6) is 0. The van der Waals surface area contributed by atoms with Gasteiger partial charge in [0.2, 0.25) is 0 Å². The van der Waals surface area contributed by atoms with E-state index in [9.17, 15) is 0 Å². The van der Waals surface area contributed by atoms with Gasteiger partial charge in [-0.25, -0.2) is 0 Å². The molecule has 0 bridgehead atoms. The lowest BCUT2D eigenvalue weighted by molar-refractivity contribution is 0.607. The van der Waals surface area contributed by atoms with Crippen LogP contribution in [0.2, 0.25) is 0 Å². The van der Waals surface area contributed by atoms with Gasteiger partial charge in [0.1, 0.15) is 9.12 Å². The number of hydrogen-bond acceptors (Lipinski definition) is 1. The first-order chi connectivity index (χ1) is 2.41. The first-order valence-electron chi connectivity index (χ1n) is 1.62. The maximum Gasteiger partial charge on any atom is 0.138 e. The van der Waals surface area contributed by atoms with E-state index >= 15 is 0 Å². The molecule has 0 N–H and O–H groups in total. The smallest absolute Gasteiger partial charge is 0.138 e. The van der Waals surface area contributed by atoms with Gasteiger partial charge in [0.25, 0.3) is 0 Å². The van der Waals surface area contributed by atoms with Crippen molar-refractivity contribution in [2.45, 2.75) is 20.3 Å². The van der Waals surface area contributed by atoms with Crippen LogP contribution in [0.25, 0.3) is 0 Å². The molecule has 1 nitrogen and oxygen atoms in total. The monoisotopic (exact) mass is 164 g/mol. The minimum Gasteiger partial charge on any atom is -0.279 e. The van der Waals surface area contributed by atoms with Crippen molar-refractivity contribution in [2.24, 2.45) is 0 Å². The second-order valence-electron chi connectivity index (χ2n) is 0.707. The summed E-state index contributed by atoms with van der Waals surface area (Å²) in [5.41, 5.74) is 0. The molecule has 48 valence electrons. The van der Waals surface area contributed by atoms with Gasteiger partial charge in [-0.3, -0.25) is 4.57 Å². The van der Waals surface area contributed by atoms with Crippen molar-refractivity contribution in [1.29, 1.82) is 0 Å². The average Bonchev–Trinajstić information content (AvgIpc) is 1.46. The molecular formula is C3H11Cl2OP. The maximum absolute atomic E-state index is 8.06. The van der Waals surface area contributed by atoms with E-state index in [0.29, 0.717) is 0 Å². The molecule has 0 aromatic rings. The van der Waals surface area contributed by atoms with E-state index in [4.69, 9.17) is 4.57 Å². The first kappa shape index (κ1) is 25.3. The Bertz CT molecular complexity index is 16.9. The molecule has 4 heteroatoms. The van der Waals surface area contributed by atoms with Gasteiger partial charge >= 0.3 is 0 Å². The molecular weight excluding hydrogens is 154 g/mol. The molecule has 0 unspecified atom stereocenters. The summed E-state index contributed by atoms with van der Waals surface area (Å²) in [7, 11) is 1.72. The van der Waals surface area contributed by atoms with Gasteiger partial charge in [-0.15, -0.1) is 24.8 Å². The molecule has 0 spiro atoms.